The van der Waals surface area contributed by atoms with Gasteiger partial charge in [0.1, 0.15) is 0 Å². The molecule has 2 nitrogen and oxygen atoms in total. The monoisotopic (exact) mass is 173 g/mol. The topological polar surface area (TPSA) is 7.68 Å². The van der Waals surface area contributed by atoms with E-state index in [1.54, 1.807) is 0 Å². The highest BCUT2D eigenvalue weighted by Crippen LogP contribution is 1.97. The van der Waals surface area contributed by atoms with Crippen LogP contribution >= 0.6 is 0 Å². The fraction of sp³-hybridized carbons (Fsp3) is 1.00. The van der Waals surface area contributed by atoms with Gasteiger partial charge in [-0.1, -0.05) is 6.92 Å². The third-order valence-electron chi connectivity index (χ3n) is 2.14. The van der Waals surface area contributed by atoms with Crippen LogP contribution in [0.5, 0.6) is 0 Å². The highest BCUT2D eigenvalue weighted by Gasteiger charge is 2.08. The summed E-state index contributed by atoms with van der Waals surface area (Å²) in [6.07, 6.45) is 1.26. The summed E-state index contributed by atoms with van der Waals surface area (Å²) in [6, 6.07) is 0.698. The van der Waals surface area contributed by atoms with Gasteiger partial charge in [0.15, 0.2) is 0 Å². The number of nitrogens with one attached hydrogen (secondary N) is 1. The van der Waals surface area contributed by atoms with E-state index in [0.29, 0.717) is 6.04 Å². The van der Waals surface area contributed by atoms with E-state index in [2.05, 4.69) is 39.8 Å². The van der Waals surface area contributed by atoms with Gasteiger partial charge in [0.25, 0.3) is 0 Å². The van der Waals surface area contributed by atoms with Crippen LogP contribution in [-0.4, -0.2) is 44.7 Å². The molecule has 74 valence electrons. The molecule has 0 aromatic rings. The molecule has 0 spiro atoms. The normalized spacial score (nSPS) is 12.0. The molecule has 2 heteroatoms. The average Bonchev–Trinajstić information content (AvgIpc) is 1.96. The molecule has 0 saturated carbocycles. The van der Waals surface area contributed by atoms with Crippen molar-refractivity contribution in [2.24, 2.45) is 0 Å². The third kappa shape index (κ3) is 5.56. The van der Waals surface area contributed by atoms with E-state index in [4.69, 9.17) is 0 Å². The van der Waals surface area contributed by atoms with Crippen molar-refractivity contribution in [1.82, 2.24) is 4.90 Å². The van der Waals surface area contributed by atoms with Crippen molar-refractivity contribution in [1.29, 1.82) is 0 Å². The fourth-order valence-corrected chi connectivity index (χ4v) is 1.28. The number of likely N-dealkylation sites (N-methyl/N-ethyl adjacent to an activating group) is 1. The molecule has 0 rings (SSSR count). The van der Waals surface area contributed by atoms with Gasteiger partial charge in [-0.25, -0.2) is 0 Å². The van der Waals surface area contributed by atoms with Gasteiger partial charge in [0.2, 0.25) is 0 Å². The average molecular weight is 173 g/mol. The quantitative estimate of drug-likeness (QED) is 0.605. The second-order valence-corrected chi connectivity index (χ2v) is 4.09. The number of hydrogen-bond acceptors (Lipinski definition) is 1. The summed E-state index contributed by atoms with van der Waals surface area (Å²) >= 11 is 0. The predicted octanol–water partition coefficient (Wildman–Crippen LogP) is 0.251. The van der Waals surface area contributed by atoms with Gasteiger partial charge in [-0.2, -0.15) is 0 Å². The zero-order valence-electron chi connectivity index (χ0n) is 9.35. The van der Waals surface area contributed by atoms with Gasteiger partial charge in [0, 0.05) is 12.6 Å². The molecule has 1 N–H and O–H groups in total. The van der Waals surface area contributed by atoms with Crippen molar-refractivity contribution < 1.29 is 4.90 Å². The molecule has 0 bridgehead atoms. The minimum atomic E-state index is 0.698. The first kappa shape index (κ1) is 11.9. The van der Waals surface area contributed by atoms with E-state index in [1.165, 1.54) is 31.0 Å². The molecule has 0 aliphatic carbocycles. The van der Waals surface area contributed by atoms with Gasteiger partial charge in [-0.3, -0.25) is 4.90 Å². The van der Waals surface area contributed by atoms with Crippen molar-refractivity contribution >= 4 is 0 Å². The summed E-state index contributed by atoms with van der Waals surface area (Å²) in [4.78, 5) is 4.09. The van der Waals surface area contributed by atoms with Gasteiger partial charge < -0.3 is 4.90 Å². The molecule has 0 saturated heterocycles. The number of hydrogen-bond donors (Lipinski definition) is 1. The summed E-state index contributed by atoms with van der Waals surface area (Å²) in [6.45, 7) is 10.5. The van der Waals surface area contributed by atoms with Crippen molar-refractivity contribution in [3.05, 3.63) is 0 Å². The van der Waals surface area contributed by atoms with Crippen molar-refractivity contribution in [2.75, 3.05) is 33.7 Å². The lowest BCUT2D eigenvalue weighted by Gasteiger charge is -2.26. The molecular weight excluding hydrogens is 148 g/mol. The van der Waals surface area contributed by atoms with E-state index < -0.39 is 0 Å². The van der Waals surface area contributed by atoms with E-state index in [0.717, 1.165) is 0 Å². The standard InChI is InChI=1S/C10H24N2/c1-6-7-12(10(2)3)9-8-11(4)5/h10H,6-9H2,1-5H3/p+1. The third-order valence-corrected chi connectivity index (χ3v) is 2.14. The van der Waals surface area contributed by atoms with Crippen molar-refractivity contribution in [3.63, 3.8) is 0 Å². The summed E-state index contributed by atoms with van der Waals surface area (Å²) in [7, 11) is 4.43. The zero-order valence-corrected chi connectivity index (χ0v) is 9.35. The summed E-state index contributed by atoms with van der Waals surface area (Å²) in [5.74, 6) is 0. The van der Waals surface area contributed by atoms with Crippen LogP contribution in [0.2, 0.25) is 0 Å². The molecule has 0 aromatic heterocycles. The lowest BCUT2D eigenvalue weighted by atomic mass is 10.3. The van der Waals surface area contributed by atoms with Crippen LogP contribution in [0.15, 0.2) is 0 Å². The van der Waals surface area contributed by atoms with Gasteiger partial charge in [0.05, 0.1) is 20.6 Å². The minimum Gasteiger partial charge on any atom is -0.339 e. The lowest BCUT2D eigenvalue weighted by molar-refractivity contribution is -0.857. The Morgan fingerprint density at radius 1 is 1.17 bits per heavy atom. The van der Waals surface area contributed by atoms with Crippen molar-refractivity contribution in [2.45, 2.75) is 33.2 Å². The Balaban J connectivity index is 3.63. The summed E-state index contributed by atoms with van der Waals surface area (Å²) in [5.41, 5.74) is 0. The van der Waals surface area contributed by atoms with Crippen LogP contribution < -0.4 is 4.90 Å². The Morgan fingerprint density at radius 3 is 2.08 bits per heavy atom. The van der Waals surface area contributed by atoms with Crippen LogP contribution in [0.3, 0.4) is 0 Å². The molecule has 0 radical (unpaired) electrons. The van der Waals surface area contributed by atoms with Crippen LogP contribution in [0.1, 0.15) is 27.2 Å². The molecule has 0 aliphatic heterocycles. The second-order valence-electron chi connectivity index (χ2n) is 4.09. The maximum atomic E-state index is 2.55. The van der Waals surface area contributed by atoms with E-state index in [1.807, 2.05) is 0 Å². The molecule has 0 fully saturated rings. The fourth-order valence-electron chi connectivity index (χ4n) is 1.28. The maximum Gasteiger partial charge on any atom is 0.0896 e. The molecule has 0 atom stereocenters. The number of quaternary nitrogens is 1. The molecular formula is C10H25N2+. The highest BCUT2D eigenvalue weighted by molar-refractivity contribution is 4.60. The van der Waals surface area contributed by atoms with Gasteiger partial charge in [-0.05, 0) is 26.8 Å². The van der Waals surface area contributed by atoms with Crippen molar-refractivity contribution in [3.8, 4) is 0 Å². The summed E-state index contributed by atoms with van der Waals surface area (Å²) in [5, 5.41) is 0. The van der Waals surface area contributed by atoms with Crippen LogP contribution in [0, 0.1) is 0 Å². The molecule has 0 unspecified atom stereocenters. The smallest absolute Gasteiger partial charge is 0.0896 e. The molecule has 0 aromatic carbocycles. The first-order valence-electron chi connectivity index (χ1n) is 5.11. The van der Waals surface area contributed by atoms with Crippen LogP contribution in [-0.2, 0) is 0 Å². The van der Waals surface area contributed by atoms with E-state index in [9.17, 15) is 0 Å². The highest BCUT2D eigenvalue weighted by atomic mass is 15.2. The Labute approximate surface area is 77.5 Å². The van der Waals surface area contributed by atoms with Gasteiger partial charge >= 0.3 is 0 Å². The van der Waals surface area contributed by atoms with Gasteiger partial charge in [-0.15, -0.1) is 0 Å². The molecule has 0 heterocycles. The van der Waals surface area contributed by atoms with Crippen LogP contribution in [0.25, 0.3) is 0 Å². The Morgan fingerprint density at radius 2 is 1.75 bits per heavy atom. The Kier molecular flexibility index (Phi) is 6.39. The Bertz CT molecular complexity index is 100. The maximum absolute atomic E-state index is 2.55. The van der Waals surface area contributed by atoms with E-state index in [-0.39, 0.29) is 0 Å². The predicted molar refractivity (Wildman–Crippen MR) is 54.7 cm³/mol. The largest absolute Gasteiger partial charge is 0.339 e. The van der Waals surface area contributed by atoms with Crippen LogP contribution in [0.4, 0.5) is 0 Å². The first-order valence-corrected chi connectivity index (χ1v) is 5.11. The number of nitrogens with zero attached hydrogens (tertiary/aromatic N) is 1. The second kappa shape index (κ2) is 6.44. The molecule has 0 amide bonds. The van der Waals surface area contributed by atoms with E-state index >= 15 is 0 Å². The SMILES string of the molecule is CCCN(CC[NH+](C)C)C(C)C. The first-order chi connectivity index (χ1) is 5.57. The Hall–Kier alpha value is -0.0800. The summed E-state index contributed by atoms with van der Waals surface area (Å²) < 4.78 is 0. The zero-order chi connectivity index (χ0) is 9.56. The lowest BCUT2D eigenvalue weighted by Crippen LogP contribution is -3.06. The molecule has 12 heavy (non-hydrogen) atoms. The minimum absolute atomic E-state index is 0.698. The molecule has 0 aliphatic rings. The number of rotatable bonds is 6.